The first-order chi connectivity index (χ1) is 9.51. The monoisotopic (exact) mass is 269 g/mol. The normalized spacial score (nSPS) is 13.7. The Balaban J connectivity index is 2.63. The lowest BCUT2D eigenvalue weighted by Crippen LogP contribution is -2.34. The Kier molecular flexibility index (Phi) is 4.49. The zero-order valence-corrected chi connectivity index (χ0v) is 13.5. The Bertz CT molecular complexity index is 583. The van der Waals surface area contributed by atoms with Crippen molar-refractivity contribution >= 4 is 10.8 Å². The van der Waals surface area contributed by atoms with E-state index in [9.17, 15) is 0 Å². The van der Waals surface area contributed by atoms with Gasteiger partial charge >= 0.3 is 0 Å². The highest BCUT2D eigenvalue weighted by atomic mass is 14.9. The Labute approximate surface area is 123 Å². The lowest BCUT2D eigenvalue weighted by atomic mass is 9.77. The van der Waals surface area contributed by atoms with E-state index in [0.717, 1.165) is 13.0 Å². The summed E-state index contributed by atoms with van der Waals surface area (Å²) in [6, 6.07) is 13.7. The number of aryl methyl sites for hydroxylation is 1. The molecular formula is C19H27N. The summed E-state index contributed by atoms with van der Waals surface area (Å²) < 4.78 is 0. The maximum Gasteiger partial charge on any atom is 0.0377 e. The summed E-state index contributed by atoms with van der Waals surface area (Å²) in [5.41, 5.74) is 3.03. The van der Waals surface area contributed by atoms with Gasteiger partial charge in [0.2, 0.25) is 0 Å². The van der Waals surface area contributed by atoms with Crippen LogP contribution in [0.2, 0.25) is 0 Å². The number of hydrogen-bond acceptors (Lipinski definition) is 1. The van der Waals surface area contributed by atoms with E-state index >= 15 is 0 Å². The van der Waals surface area contributed by atoms with Gasteiger partial charge in [-0.3, -0.25) is 0 Å². The van der Waals surface area contributed by atoms with Crippen molar-refractivity contribution in [2.24, 2.45) is 5.41 Å². The summed E-state index contributed by atoms with van der Waals surface area (Å²) in [7, 11) is 0. The third-order valence-corrected chi connectivity index (χ3v) is 4.59. The van der Waals surface area contributed by atoms with Crippen LogP contribution in [0.15, 0.2) is 36.4 Å². The third-order valence-electron chi connectivity index (χ3n) is 4.59. The first kappa shape index (κ1) is 15.1. The van der Waals surface area contributed by atoms with Gasteiger partial charge in [-0.15, -0.1) is 0 Å². The van der Waals surface area contributed by atoms with E-state index in [4.69, 9.17) is 0 Å². The van der Waals surface area contributed by atoms with Crippen LogP contribution in [-0.4, -0.2) is 6.54 Å². The Hall–Kier alpha value is -1.34. The van der Waals surface area contributed by atoms with Crippen molar-refractivity contribution in [3.63, 3.8) is 0 Å². The predicted octanol–water partition coefficient (Wildman–Crippen LogP) is 5.24. The third kappa shape index (κ3) is 2.73. The van der Waals surface area contributed by atoms with Gasteiger partial charge in [0.1, 0.15) is 0 Å². The standard InChI is InChI=1S/C19H27N/c1-6-19(4,5)18(20-7-2)17-13-12-14(3)15-10-8-9-11-16(15)17/h8-13,18,20H,6-7H2,1-5H3. The molecule has 2 rings (SSSR count). The fourth-order valence-corrected chi connectivity index (χ4v) is 2.94. The van der Waals surface area contributed by atoms with Gasteiger partial charge in [0.15, 0.2) is 0 Å². The van der Waals surface area contributed by atoms with Crippen molar-refractivity contribution in [2.75, 3.05) is 6.54 Å². The van der Waals surface area contributed by atoms with Gasteiger partial charge in [-0.05, 0) is 47.2 Å². The number of rotatable bonds is 5. The Morgan fingerprint density at radius 3 is 2.25 bits per heavy atom. The molecule has 0 amide bonds. The second-order valence-electron chi connectivity index (χ2n) is 6.35. The molecule has 0 aliphatic carbocycles. The molecule has 0 aliphatic rings. The highest BCUT2D eigenvalue weighted by Gasteiger charge is 2.29. The predicted molar refractivity (Wildman–Crippen MR) is 89.2 cm³/mol. The summed E-state index contributed by atoms with van der Waals surface area (Å²) >= 11 is 0. The average molecular weight is 269 g/mol. The van der Waals surface area contributed by atoms with E-state index in [1.807, 2.05) is 0 Å². The van der Waals surface area contributed by atoms with Gasteiger partial charge in [0, 0.05) is 6.04 Å². The van der Waals surface area contributed by atoms with Crippen LogP contribution in [0.25, 0.3) is 10.8 Å². The van der Waals surface area contributed by atoms with E-state index in [-0.39, 0.29) is 5.41 Å². The summed E-state index contributed by atoms with van der Waals surface area (Å²) in [4.78, 5) is 0. The molecule has 1 nitrogen and oxygen atoms in total. The van der Waals surface area contributed by atoms with E-state index in [1.54, 1.807) is 0 Å². The molecule has 0 aliphatic heterocycles. The molecule has 1 heteroatoms. The molecule has 0 heterocycles. The van der Waals surface area contributed by atoms with Crippen LogP contribution in [-0.2, 0) is 0 Å². The van der Waals surface area contributed by atoms with Gasteiger partial charge in [-0.25, -0.2) is 0 Å². The fourth-order valence-electron chi connectivity index (χ4n) is 2.94. The lowest BCUT2D eigenvalue weighted by Gasteiger charge is -2.35. The minimum atomic E-state index is 0.244. The summed E-state index contributed by atoms with van der Waals surface area (Å²) in [6.45, 7) is 12.4. The number of nitrogens with one attached hydrogen (secondary N) is 1. The molecule has 2 aromatic carbocycles. The minimum Gasteiger partial charge on any atom is -0.310 e. The largest absolute Gasteiger partial charge is 0.310 e. The molecule has 0 spiro atoms. The maximum absolute atomic E-state index is 3.70. The molecule has 0 radical (unpaired) electrons. The van der Waals surface area contributed by atoms with Crippen molar-refractivity contribution in [1.82, 2.24) is 5.32 Å². The van der Waals surface area contributed by atoms with Crippen molar-refractivity contribution in [3.05, 3.63) is 47.5 Å². The van der Waals surface area contributed by atoms with Gasteiger partial charge in [-0.2, -0.15) is 0 Å². The number of fused-ring (bicyclic) bond motifs is 1. The van der Waals surface area contributed by atoms with Crippen LogP contribution in [0, 0.1) is 12.3 Å². The van der Waals surface area contributed by atoms with Crippen LogP contribution < -0.4 is 5.32 Å². The first-order valence-electron chi connectivity index (χ1n) is 7.73. The van der Waals surface area contributed by atoms with Crippen LogP contribution in [0.4, 0.5) is 0 Å². The molecule has 0 saturated heterocycles. The van der Waals surface area contributed by atoms with E-state index in [0.29, 0.717) is 6.04 Å². The molecular weight excluding hydrogens is 242 g/mol. The summed E-state index contributed by atoms with van der Waals surface area (Å²) in [6.07, 6.45) is 1.16. The van der Waals surface area contributed by atoms with Crippen molar-refractivity contribution in [2.45, 2.75) is 47.1 Å². The molecule has 108 valence electrons. The first-order valence-corrected chi connectivity index (χ1v) is 7.73. The molecule has 1 N–H and O–H groups in total. The van der Waals surface area contributed by atoms with Crippen molar-refractivity contribution < 1.29 is 0 Å². The Morgan fingerprint density at radius 2 is 1.65 bits per heavy atom. The minimum absolute atomic E-state index is 0.244. The molecule has 2 aromatic rings. The van der Waals surface area contributed by atoms with E-state index < -0.39 is 0 Å². The smallest absolute Gasteiger partial charge is 0.0377 e. The maximum atomic E-state index is 3.70. The van der Waals surface area contributed by atoms with Crippen LogP contribution >= 0.6 is 0 Å². The highest BCUT2D eigenvalue weighted by Crippen LogP contribution is 2.39. The molecule has 0 fully saturated rings. The fraction of sp³-hybridized carbons (Fsp3) is 0.474. The molecule has 1 unspecified atom stereocenters. The molecule has 20 heavy (non-hydrogen) atoms. The Morgan fingerprint density at radius 1 is 1.00 bits per heavy atom. The SMILES string of the molecule is CCNC(c1ccc(C)c2ccccc12)C(C)(C)CC. The second kappa shape index (κ2) is 5.97. The van der Waals surface area contributed by atoms with Crippen LogP contribution in [0.1, 0.15) is 51.3 Å². The van der Waals surface area contributed by atoms with Crippen LogP contribution in [0.5, 0.6) is 0 Å². The van der Waals surface area contributed by atoms with Crippen molar-refractivity contribution in [1.29, 1.82) is 0 Å². The quantitative estimate of drug-likeness (QED) is 0.783. The molecule has 0 aromatic heterocycles. The molecule has 0 bridgehead atoms. The summed E-state index contributed by atoms with van der Waals surface area (Å²) in [5.74, 6) is 0. The van der Waals surface area contributed by atoms with Gasteiger partial charge in [0.05, 0.1) is 0 Å². The zero-order chi connectivity index (χ0) is 14.8. The lowest BCUT2D eigenvalue weighted by molar-refractivity contribution is 0.238. The average Bonchev–Trinajstić information content (AvgIpc) is 2.46. The molecule has 1 atom stereocenters. The van der Waals surface area contributed by atoms with Gasteiger partial charge in [-0.1, -0.05) is 64.1 Å². The van der Waals surface area contributed by atoms with Crippen LogP contribution in [0.3, 0.4) is 0 Å². The summed E-state index contributed by atoms with van der Waals surface area (Å²) in [5, 5.41) is 6.47. The zero-order valence-electron chi connectivity index (χ0n) is 13.5. The topological polar surface area (TPSA) is 12.0 Å². The van der Waals surface area contributed by atoms with Crippen molar-refractivity contribution in [3.8, 4) is 0 Å². The molecule has 0 saturated carbocycles. The number of benzene rings is 2. The van der Waals surface area contributed by atoms with Gasteiger partial charge in [0.25, 0.3) is 0 Å². The second-order valence-corrected chi connectivity index (χ2v) is 6.35. The van der Waals surface area contributed by atoms with Gasteiger partial charge < -0.3 is 5.32 Å². The highest BCUT2D eigenvalue weighted by molar-refractivity contribution is 5.89. The van der Waals surface area contributed by atoms with E-state index in [2.05, 4.69) is 76.3 Å². The van der Waals surface area contributed by atoms with E-state index in [1.165, 1.54) is 21.9 Å². The number of hydrogen-bond donors (Lipinski definition) is 1.